The first-order valence-electron chi connectivity index (χ1n) is 15.0. The van der Waals surface area contributed by atoms with Gasteiger partial charge in [0.15, 0.2) is 18.3 Å². The zero-order valence-electron chi connectivity index (χ0n) is 26.0. The Hall–Kier alpha value is -3.96. The fraction of sp³-hybridized carbons (Fsp3) is 0.216. The molecule has 5 rings (SSSR count). The smallest absolute Gasteiger partial charge is 0.248 e. The topological polar surface area (TPSA) is 60.6 Å². The van der Waals surface area contributed by atoms with Crippen molar-refractivity contribution < 1.29 is 14.2 Å². The van der Waals surface area contributed by atoms with E-state index in [1.165, 1.54) is 15.9 Å². The van der Waals surface area contributed by atoms with Gasteiger partial charge in [0.25, 0.3) is 0 Å². The second-order valence-electron chi connectivity index (χ2n) is 12.1. The summed E-state index contributed by atoms with van der Waals surface area (Å²) in [5.41, 5.74) is 2.41. The van der Waals surface area contributed by atoms with Gasteiger partial charge >= 0.3 is 0 Å². The van der Waals surface area contributed by atoms with Crippen LogP contribution in [0, 0.1) is 0 Å². The van der Waals surface area contributed by atoms with Crippen LogP contribution in [0.5, 0.6) is 11.5 Å². The molecule has 0 amide bonds. The molecule has 0 aliphatic rings. The van der Waals surface area contributed by atoms with E-state index in [4.69, 9.17) is 14.2 Å². The van der Waals surface area contributed by atoms with Gasteiger partial charge in [-0.15, -0.1) is 0 Å². The summed E-state index contributed by atoms with van der Waals surface area (Å²) < 4.78 is 17.3. The number of benzene rings is 4. The van der Waals surface area contributed by atoms with Crippen LogP contribution in [-0.2, 0) is 10.9 Å². The van der Waals surface area contributed by atoms with Crippen LogP contribution in [0.1, 0.15) is 5.56 Å². The van der Waals surface area contributed by atoms with Crippen LogP contribution in [0.4, 0.5) is 0 Å². The molecule has 1 heterocycles. The Bertz CT molecular complexity index is 1610. The number of methoxy groups -OCH3 is 1. The Morgan fingerprint density at radius 2 is 1.27 bits per heavy atom. The van der Waals surface area contributed by atoms with Gasteiger partial charge in [0, 0.05) is 32.0 Å². The molecule has 44 heavy (non-hydrogen) atoms. The molecule has 0 fully saturated rings. The Labute approximate surface area is 262 Å². The maximum absolute atomic E-state index is 13.2. The molecule has 1 aromatic heterocycles. The summed E-state index contributed by atoms with van der Waals surface area (Å²) in [5, 5.41) is 3.82. The maximum Gasteiger partial charge on any atom is 0.248 e. The minimum absolute atomic E-state index is 0.139. The predicted octanol–water partition coefficient (Wildman–Crippen LogP) is 7.24. The highest BCUT2D eigenvalue weighted by molar-refractivity contribution is 7.95. The zero-order valence-corrected chi connectivity index (χ0v) is 27.9. The molecule has 0 aliphatic carbocycles. The molecule has 5 aromatic rings. The van der Waals surface area contributed by atoms with E-state index in [0.717, 1.165) is 22.9 Å². The predicted molar refractivity (Wildman–Crippen MR) is 188 cm³/mol. The molecule has 0 saturated heterocycles. The van der Waals surface area contributed by atoms with Crippen molar-refractivity contribution in [3.8, 4) is 22.8 Å². The van der Waals surface area contributed by atoms with Crippen LogP contribution in [0.25, 0.3) is 11.3 Å². The summed E-state index contributed by atoms with van der Waals surface area (Å²) in [4.78, 5) is 16.2. The van der Waals surface area contributed by atoms with E-state index in [9.17, 15) is 4.79 Å². The fourth-order valence-electron chi connectivity index (χ4n) is 5.39. The minimum Gasteiger partial charge on any atom is -0.493 e. The lowest BCUT2D eigenvalue weighted by Gasteiger charge is -2.28. The zero-order chi connectivity index (χ0) is 31.0. The number of pyridine rings is 1. The Balaban J connectivity index is 1.50. The van der Waals surface area contributed by atoms with Crippen LogP contribution in [0.3, 0.4) is 0 Å². The van der Waals surface area contributed by atoms with Crippen molar-refractivity contribution in [2.24, 2.45) is 0 Å². The largest absolute Gasteiger partial charge is 0.493 e. The molecular formula is C37H41NO4PSi+. The van der Waals surface area contributed by atoms with Gasteiger partial charge in [0.2, 0.25) is 5.56 Å². The van der Waals surface area contributed by atoms with Crippen molar-refractivity contribution in [3.05, 3.63) is 137 Å². The van der Waals surface area contributed by atoms with Crippen molar-refractivity contribution >= 4 is 31.2 Å². The highest BCUT2D eigenvalue weighted by atomic mass is 31.2. The summed E-state index contributed by atoms with van der Waals surface area (Å²) >= 11 is 0. The number of nitrogens with one attached hydrogen (secondary N) is 1. The van der Waals surface area contributed by atoms with E-state index >= 15 is 0 Å². The minimum atomic E-state index is -2.17. The first-order valence-corrected chi connectivity index (χ1v) is 20.6. The Morgan fingerprint density at radius 3 is 1.80 bits per heavy atom. The van der Waals surface area contributed by atoms with E-state index < -0.39 is 15.3 Å². The number of aromatic nitrogens is 1. The third kappa shape index (κ3) is 7.57. The number of hydrogen-bond acceptors (Lipinski definition) is 4. The van der Waals surface area contributed by atoms with Gasteiger partial charge < -0.3 is 19.2 Å². The molecule has 5 nitrogen and oxygen atoms in total. The third-order valence-electron chi connectivity index (χ3n) is 7.68. The number of hydrogen-bond donors (Lipinski definition) is 1. The Kier molecular flexibility index (Phi) is 10.2. The molecule has 0 atom stereocenters. The lowest BCUT2D eigenvalue weighted by atomic mass is 10.1. The van der Waals surface area contributed by atoms with Crippen molar-refractivity contribution in [2.45, 2.75) is 31.8 Å². The quantitative estimate of drug-likeness (QED) is 0.0651. The number of H-pyrrole nitrogens is 1. The summed E-state index contributed by atoms with van der Waals surface area (Å²) in [6.45, 7) is 7.82. The summed E-state index contributed by atoms with van der Waals surface area (Å²) in [6, 6.07) is 42.8. The third-order valence-corrected chi connectivity index (χ3v) is 13.8. The van der Waals surface area contributed by atoms with Crippen molar-refractivity contribution in [1.29, 1.82) is 0 Å². The van der Waals surface area contributed by atoms with E-state index in [0.29, 0.717) is 24.3 Å². The van der Waals surface area contributed by atoms with Gasteiger partial charge in [-0.25, -0.2) is 0 Å². The van der Waals surface area contributed by atoms with Gasteiger partial charge in [-0.05, 0) is 72.3 Å². The summed E-state index contributed by atoms with van der Waals surface area (Å²) in [5.74, 6) is 1.19. The van der Waals surface area contributed by atoms with Gasteiger partial charge in [0.05, 0.1) is 13.3 Å². The lowest BCUT2D eigenvalue weighted by molar-refractivity contribution is 0.0205. The molecular weight excluding hydrogens is 581 g/mol. The first-order chi connectivity index (χ1) is 21.3. The average Bonchev–Trinajstić information content (AvgIpc) is 3.04. The van der Waals surface area contributed by atoms with Gasteiger partial charge in [-0.2, -0.15) is 0 Å². The highest BCUT2D eigenvalue weighted by Crippen LogP contribution is 2.58. The van der Waals surface area contributed by atoms with E-state index in [-0.39, 0.29) is 12.4 Å². The highest BCUT2D eigenvalue weighted by Gasteiger charge is 2.45. The van der Waals surface area contributed by atoms with Crippen LogP contribution < -0.4 is 30.9 Å². The van der Waals surface area contributed by atoms with E-state index in [1.54, 1.807) is 13.2 Å². The molecule has 0 unspecified atom stereocenters. The monoisotopic (exact) mass is 622 g/mol. The van der Waals surface area contributed by atoms with Crippen LogP contribution in [0.2, 0.25) is 25.7 Å². The first kappa shape index (κ1) is 31.5. The Morgan fingerprint density at radius 1 is 0.705 bits per heavy atom. The van der Waals surface area contributed by atoms with Crippen molar-refractivity contribution in [2.75, 3.05) is 20.5 Å². The SMILES string of the molecule is COc1cc(-c2cc(C[P+](c3ccccc3)(c3ccccc3)c3ccccc3)cc(=O)[nH]2)ccc1OCOCC[Si](C)(C)C. The number of rotatable bonds is 13. The normalized spacial score (nSPS) is 11.7. The number of ether oxygens (including phenoxy) is 3. The van der Waals surface area contributed by atoms with Crippen molar-refractivity contribution in [3.63, 3.8) is 0 Å². The molecule has 0 saturated carbocycles. The van der Waals surface area contributed by atoms with Crippen LogP contribution >= 0.6 is 7.26 Å². The molecule has 4 aromatic carbocycles. The van der Waals surface area contributed by atoms with Gasteiger partial charge in [0.1, 0.15) is 23.2 Å². The van der Waals surface area contributed by atoms with Crippen LogP contribution in [-0.4, -0.2) is 33.6 Å². The standard InChI is InChI=1S/C37H40NO4PSi/c1-40-36-26-30(20-21-35(36)42-28-41-22-23-44(2,3)4)34-24-29(25-37(39)38-34)27-43(31-14-8-5-9-15-31,32-16-10-6-11-17-32)33-18-12-7-13-19-33/h5-21,24-26H,22-23,27-28H2,1-4H3/p+1. The molecule has 0 spiro atoms. The van der Waals surface area contributed by atoms with Gasteiger partial charge in [-0.3, -0.25) is 4.79 Å². The molecule has 0 bridgehead atoms. The molecule has 226 valence electrons. The summed E-state index contributed by atoms with van der Waals surface area (Å²) in [6.07, 6.45) is 0.703. The van der Waals surface area contributed by atoms with Crippen LogP contribution in [0.15, 0.2) is 126 Å². The second kappa shape index (κ2) is 14.2. The number of aromatic amines is 1. The average molecular weight is 623 g/mol. The maximum atomic E-state index is 13.2. The van der Waals surface area contributed by atoms with E-state index in [2.05, 4.69) is 122 Å². The second-order valence-corrected chi connectivity index (χ2v) is 21.2. The molecule has 0 aliphatic heterocycles. The van der Waals surface area contributed by atoms with E-state index in [1.807, 2.05) is 18.2 Å². The molecule has 0 radical (unpaired) electrons. The van der Waals surface area contributed by atoms with Gasteiger partial charge in [-0.1, -0.05) is 74.2 Å². The lowest BCUT2D eigenvalue weighted by Crippen LogP contribution is -2.32. The summed E-state index contributed by atoms with van der Waals surface area (Å²) in [7, 11) is -1.71. The fourth-order valence-corrected chi connectivity index (χ4v) is 10.4. The molecule has 7 heteroatoms. The molecule has 1 N–H and O–H groups in total. The van der Waals surface area contributed by atoms with Crippen molar-refractivity contribution in [1.82, 2.24) is 4.98 Å².